The van der Waals surface area contributed by atoms with Crippen LogP contribution in [0.4, 0.5) is 4.39 Å². The van der Waals surface area contributed by atoms with Crippen molar-refractivity contribution in [1.29, 1.82) is 5.26 Å². The molecule has 0 N–H and O–H groups in total. The summed E-state index contributed by atoms with van der Waals surface area (Å²) in [6.07, 6.45) is 3.21. The smallest absolute Gasteiger partial charge is 0.265 e. The molecule has 0 aliphatic rings. The van der Waals surface area contributed by atoms with Gasteiger partial charge in [0, 0.05) is 18.0 Å². The lowest BCUT2D eigenvalue weighted by Gasteiger charge is -2.05. The Bertz CT molecular complexity index is 1190. The van der Waals surface area contributed by atoms with Crippen LogP contribution in [0.5, 0.6) is 0 Å². The van der Waals surface area contributed by atoms with Gasteiger partial charge in [0.15, 0.2) is 5.82 Å². The van der Waals surface area contributed by atoms with E-state index >= 15 is 0 Å². The Morgan fingerprint density at radius 2 is 1.52 bits per heavy atom. The fraction of sp³-hybridized carbons (Fsp3) is 0. The van der Waals surface area contributed by atoms with Crippen LogP contribution in [0.15, 0.2) is 77.9 Å². The Morgan fingerprint density at radius 1 is 0.889 bits per heavy atom. The first-order valence-electron chi connectivity index (χ1n) is 8.06. The van der Waals surface area contributed by atoms with Gasteiger partial charge >= 0.3 is 5.69 Å². The second-order valence-corrected chi connectivity index (χ2v) is 5.72. The Hall–Kier alpha value is -4.05. The van der Waals surface area contributed by atoms with E-state index in [0.29, 0.717) is 28.3 Å². The quantitative estimate of drug-likeness (QED) is 0.565. The summed E-state index contributed by atoms with van der Waals surface area (Å²) >= 11 is 0. The molecule has 0 amide bonds. The minimum atomic E-state index is -0.405. The molecule has 0 radical (unpaired) electrons. The van der Waals surface area contributed by atoms with Gasteiger partial charge in [0.2, 0.25) is 0 Å². The number of benzene rings is 2. The average molecular weight is 357 g/mol. The molecule has 0 unspecified atom stereocenters. The summed E-state index contributed by atoms with van der Waals surface area (Å²) in [6, 6.07) is 17.7. The molecule has 2 heterocycles. The zero-order valence-corrected chi connectivity index (χ0v) is 14.0. The largest absolute Gasteiger partial charge is 0.355 e. The van der Waals surface area contributed by atoms with Crippen LogP contribution < -0.4 is 5.69 Å². The molecule has 0 saturated heterocycles. The number of nitriles is 1. The maximum atomic E-state index is 13.3. The van der Waals surface area contributed by atoms with Crippen molar-refractivity contribution in [2.45, 2.75) is 0 Å². The molecule has 27 heavy (non-hydrogen) atoms. The average Bonchev–Trinajstić information content (AvgIpc) is 3.06. The van der Waals surface area contributed by atoms with Crippen molar-refractivity contribution in [3.63, 3.8) is 0 Å². The van der Waals surface area contributed by atoms with Gasteiger partial charge in [-0.2, -0.15) is 9.94 Å². The number of hydrogen-bond donors (Lipinski definition) is 0. The van der Waals surface area contributed by atoms with Gasteiger partial charge < -0.3 is 0 Å². The molecule has 0 spiro atoms. The molecule has 0 bridgehead atoms. The van der Waals surface area contributed by atoms with Gasteiger partial charge in [0.25, 0.3) is 0 Å². The van der Waals surface area contributed by atoms with Crippen LogP contribution in [0.3, 0.4) is 0 Å². The zero-order chi connectivity index (χ0) is 18.8. The van der Waals surface area contributed by atoms with Crippen molar-refractivity contribution in [3.8, 4) is 28.8 Å². The fourth-order valence-corrected chi connectivity index (χ4v) is 2.72. The highest BCUT2D eigenvalue weighted by molar-refractivity contribution is 5.58. The zero-order valence-electron chi connectivity index (χ0n) is 14.0. The molecule has 7 heteroatoms. The van der Waals surface area contributed by atoms with Crippen molar-refractivity contribution in [1.82, 2.24) is 19.3 Å². The van der Waals surface area contributed by atoms with E-state index in [-0.39, 0.29) is 0 Å². The van der Waals surface area contributed by atoms with Gasteiger partial charge in [0.05, 0.1) is 23.0 Å². The summed E-state index contributed by atoms with van der Waals surface area (Å²) in [4.78, 5) is 17.1. The van der Waals surface area contributed by atoms with E-state index in [9.17, 15) is 9.18 Å². The van der Waals surface area contributed by atoms with Crippen molar-refractivity contribution in [3.05, 3.63) is 94.9 Å². The highest BCUT2D eigenvalue weighted by Gasteiger charge is 2.17. The summed E-state index contributed by atoms with van der Waals surface area (Å²) in [5.74, 6) is 0.00936. The standard InChI is InChI=1S/C20H12FN5O/c21-16-3-7-17(8-4-16)25-19(15-9-11-23-12-10-15)24-26(20(25)27)18-5-1-14(13-22)2-6-18/h1-12H. The summed E-state index contributed by atoms with van der Waals surface area (Å²) < 4.78 is 16.0. The van der Waals surface area contributed by atoms with E-state index in [4.69, 9.17) is 5.26 Å². The van der Waals surface area contributed by atoms with Crippen molar-refractivity contribution in [2.24, 2.45) is 0 Å². The van der Waals surface area contributed by atoms with E-state index in [2.05, 4.69) is 10.1 Å². The van der Waals surface area contributed by atoms with Gasteiger partial charge in [0.1, 0.15) is 5.82 Å². The Kier molecular flexibility index (Phi) is 4.07. The first-order chi connectivity index (χ1) is 13.2. The SMILES string of the molecule is N#Cc1ccc(-n2nc(-c3ccncc3)n(-c3ccc(F)cc3)c2=O)cc1. The number of pyridine rings is 1. The molecule has 6 nitrogen and oxygen atoms in total. The van der Waals surface area contributed by atoms with Crippen molar-refractivity contribution in [2.75, 3.05) is 0 Å². The third-order valence-electron chi connectivity index (χ3n) is 4.04. The molecule has 4 aromatic rings. The van der Waals surface area contributed by atoms with Crippen LogP contribution in [-0.4, -0.2) is 19.3 Å². The van der Waals surface area contributed by atoms with Crippen LogP contribution in [0.1, 0.15) is 5.56 Å². The summed E-state index contributed by atoms with van der Waals surface area (Å²) in [5, 5.41) is 13.4. The van der Waals surface area contributed by atoms with E-state index in [1.165, 1.54) is 33.5 Å². The van der Waals surface area contributed by atoms with Crippen LogP contribution >= 0.6 is 0 Å². The number of halogens is 1. The third kappa shape index (κ3) is 3.00. The number of rotatable bonds is 3. The first kappa shape index (κ1) is 16.4. The molecule has 2 aromatic heterocycles. The van der Waals surface area contributed by atoms with Crippen molar-refractivity contribution >= 4 is 0 Å². The number of aromatic nitrogens is 4. The Morgan fingerprint density at radius 3 is 2.15 bits per heavy atom. The first-order valence-corrected chi connectivity index (χ1v) is 8.06. The van der Waals surface area contributed by atoms with E-state index in [1.807, 2.05) is 6.07 Å². The van der Waals surface area contributed by atoms with Crippen molar-refractivity contribution < 1.29 is 4.39 Å². The molecule has 0 atom stereocenters. The maximum absolute atomic E-state index is 13.3. The maximum Gasteiger partial charge on any atom is 0.355 e. The molecule has 0 saturated carbocycles. The Labute approximate surface area is 153 Å². The van der Waals surface area contributed by atoms with E-state index in [1.54, 1.807) is 48.8 Å². The van der Waals surface area contributed by atoms with Gasteiger partial charge in [-0.3, -0.25) is 4.98 Å². The fourth-order valence-electron chi connectivity index (χ4n) is 2.72. The second kappa shape index (κ2) is 6.69. The highest BCUT2D eigenvalue weighted by atomic mass is 19.1. The lowest BCUT2D eigenvalue weighted by atomic mass is 10.2. The number of hydrogen-bond acceptors (Lipinski definition) is 4. The molecule has 2 aromatic carbocycles. The van der Waals surface area contributed by atoms with E-state index < -0.39 is 11.5 Å². The third-order valence-corrected chi connectivity index (χ3v) is 4.04. The lowest BCUT2D eigenvalue weighted by Crippen LogP contribution is -2.22. The van der Waals surface area contributed by atoms with Crippen LogP contribution in [0, 0.1) is 17.1 Å². The Balaban J connectivity index is 1.96. The normalized spacial score (nSPS) is 10.5. The van der Waals surface area contributed by atoms with Gasteiger partial charge in [-0.05, 0) is 60.7 Å². The molecule has 130 valence electrons. The van der Waals surface area contributed by atoms with Gasteiger partial charge in [-0.15, -0.1) is 5.10 Å². The van der Waals surface area contributed by atoms with E-state index in [0.717, 1.165) is 0 Å². The minimum absolute atomic E-state index is 0.392. The second-order valence-electron chi connectivity index (χ2n) is 5.72. The van der Waals surface area contributed by atoms with Gasteiger partial charge in [-0.1, -0.05) is 0 Å². The van der Waals surface area contributed by atoms with Crippen LogP contribution in [0.25, 0.3) is 22.8 Å². The molecule has 0 aliphatic heterocycles. The molecular formula is C20H12FN5O. The summed E-state index contributed by atoms with van der Waals surface area (Å²) in [7, 11) is 0. The molecular weight excluding hydrogens is 345 g/mol. The highest BCUT2D eigenvalue weighted by Crippen LogP contribution is 2.20. The lowest BCUT2D eigenvalue weighted by molar-refractivity contribution is 0.627. The predicted molar refractivity (Wildman–Crippen MR) is 97.1 cm³/mol. The predicted octanol–water partition coefficient (Wildman–Crippen LogP) is 3.10. The topological polar surface area (TPSA) is 76.5 Å². The summed E-state index contributed by atoms with van der Waals surface area (Å²) in [5.41, 5.74) is 1.79. The molecule has 4 rings (SSSR count). The molecule has 0 aliphatic carbocycles. The minimum Gasteiger partial charge on any atom is -0.265 e. The van der Waals surface area contributed by atoms with Crippen LogP contribution in [0.2, 0.25) is 0 Å². The number of nitrogens with zero attached hydrogens (tertiary/aromatic N) is 5. The summed E-state index contributed by atoms with van der Waals surface area (Å²) in [6.45, 7) is 0. The monoisotopic (exact) mass is 357 g/mol. The van der Waals surface area contributed by atoms with Crippen LogP contribution in [-0.2, 0) is 0 Å². The van der Waals surface area contributed by atoms with Gasteiger partial charge in [-0.25, -0.2) is 13.8 Å². The molecule has 0 fully saturated rings.